The molecule has 0 bridgehead atoms. The number of hydrogen-bond donors (Lipinski definition) is 1. The van der Waals surface area contributed by atoms with Crippen LogP contribution in [0.1, 0.15) is 0 Å². The average molecular weight is 289 g/mol. The third-order valence-electron chi connectivity index (χ3n) is 3.79. The largest absolute Gasteiger partial charge is 0.385 e. The summed E-state index contributed by atoms with van der Waals surface area (Å²) in [4.78, 5) is 14.9. The van der Waals surface area contributed by atoms with Crippen molar-refractivity contribution in [3.8, 4) is 0 Å². The van der Waals surface area contributed by atoms with Gasteiger partial charge in [0.15, 0.2) is 0 Å². The minimum atomic E-state index is 0.0204. The van der Waals surface area contributed by atoms with Crippen LogP contribution in [0.5, 0.6) is 0 Å². The second-order valence-corrected chi connectivity index (χ2v) is 6.29. The van der Waals surface area contributed by atoms with E-state index in [4.69, 9.17) is 5.73 Å². The van der Waals surface area contributed by atoms with Crippen molar-refractivity contribution in [2.24, 2.45) is 0 Å². The number of fused-ring (bicyclic) bond motifs is 1. The molecule has 106 valence electrons. The second kappa shape index (κ2) is 5.89. The third kappa shape index (κ3) is 2.69. The van der Waals surface area contributed by atoms with E-state index in [2.05, 4.69) is 4.90 Å². The number of nitrogens with two attached hydrogens (primary N) is 1. The van der Waals surface area contributed by atoms with Gasteiger partial charge < -0.3 is 5.73 Å². The van der Waals surface area contributed by atoms with Crippen LogP contribution in [0.4, 0.5) is 5.82 Å². The van der Waals surface area contributed by atoms with E-state index in [0.717, 1.165) is 30.4 Å². The van der Waals surface area contributed by atoms with Crippen LogP contribution in [-0.4, -0.2) is 40.6 Å². The third-order valence-corrected chi connectivity index (χ3v) is 4.74. The van der Waals surface area contributed by atoms with E-state index in [1.807, 2.05) is 42.1 Å². The lowest BCUT2D eigenvalue weighted by Crippen LogP contribution is -2.37. The van der Waals surface area contributed by atoms with E-state index < -0.39 is 0 Å². The van der Waals surface area contributed by atoms with Gasteiger partial charge >= 0.3 is 0 Å². The first kappa shape index (κ1) is 13.5. The molecule has 0 aliphatic carbocycles. The van der Waals surface area contributed by atoms with Gasteiger partial charge in [0.2, 0.25) is 0 Å². The van der Waals surface area contributed by atoms with Gasteiger partial charge in [0.25, 0.3) is 5.56 Å². The highest BCUT2D eigenvalue weighted by Gasteiger charge is 2.12. The van der Waals surface area contributed by atoms with E-state index in [9.17, 15) is 4.79 Å². The Hall–Kier alpha value is -1.46. The van der Waals surface area contributed by atoms with Crippen molar-refractivity contribution in [3.63, 3.8) is 0 Å². The van der Waals surface area contributed by atoms with Crippen molar-refractivity contribution in [3.05, 3.63) is 40.7 Å². The fraction of sp³-hybridized carbons (Fsp3) is 0.400. The highest BCUT2D eigenvalue weighted by Crippen LogP contribution is 2.14. The number of hydrogen-bond acceptors (Lipinski definition) is 4. The fourth-order valence-corrected chi connectivity index (χ4v) is 3.59. The Balaban J connectivity index is 1.85. The number of nitrogen functional groups attached to an aromatic ring is 1. The van der Waals surface area contributed by atoms with Crippen LogP contribution in [0.15, 0.2) is 35.1 Å². The maximum Gasteiger partial charge on any atom is 0.260 e. The molecule has 0 radical (unpaired) electrons. The smallest absolute Gasteiger partial charge is 0.260 e. The van der Waals surface area contributed by atoms with Gasteiger partial charge in [0.1, 0.15) is 5.82 Å². The molecule has 1 saturated heterocycles. The maximum atomic E-state index is 12.5. The maximum absolute atomic E-state index is 12.5. The van der Waals surface area contributed by atoms with Gasteiger partial charge in [-0.2, -0.15) is 11.8 Å². The minimum absolute atomic E-state index is 0.0204. The normalized spacial score (nSPS) is 16.6. The molecule has 20 heavy (non-hydrogen) atoms. The van der Waals surface area contributed by atoms with E-state index in [1.54, 1.807) is 4.57 Å². The summed E-state index contributed by atoms with van der Waals surface area (Å²) in [7, 11) is 0. The number of aromatic nitrogens is 1. The molecule has 0 saturated carbocycles. The van der Waals surface area contributed by atoms with Gasteiger partial charge in [-0.1, -0.05) is 18.2 Å². The zero-order valence-corrected chi connectivity index (χ0v) is 12.2. The Labute approximate surface area is 122 Å². The molecule has 1 aromatic carbocycles. The minimum Gasteiger partial charge on any atom is -0.385 e. The molecule has 4 nitrogen and oxygen atoms in total. The highest BCUT2D eigenvalue weighted by atomic mass is 32.2. The van der Waals surface area contributed by atoms with Crippen LogP contribution in [0, 0.1) is 0 Å². The standard InChI is InChI=1S/C15H19N3OS/c16-14-11-12-3-1-2-4-13(12)15(19)18(14)6-5-17-7-9-20-10-8-17/h1-4,11H,5-10,16H2. The predicted molar refractivity (Wildman–Crippen MR) is 86.4 cm³/mol. The van der Waals surface area contributed by atoms with Crippen molar-refractivity contribution in [1.29, 1.82) is 0 Å². The predicted octanol–water partition coefficient (Wildman–Crippen LogP) is 1.63. The molecule has 5 heteroatoms. The fourth-order valence-electron chi connectivity index (χ4n) is 2.61. The van der Waals surface area contributed by atoms with Crippen molar-refractivity contribution >= 4 is 28.4 Å². The first-order valence-corrected chi connectivity index (χ1v) is 8.09. The van der Waals surface area contributed by atoms with Crippen molar-refractivity contribution in [1.82, 2.24) is 9.47 Å². The first-order chi connectivity index (χ1) is 9.75. The molecule has 2 heterocycles. The molecule has 1 aliphatic heterocycles. The monoisotopic (exact) mass is 289 g/mol. The summed E-state index contributed by atoms with van der Waals surface area (Å²) in [5, 5.41) is 1.66. The van der Waals surface area contributed by atoms with E-state index >= 15 is 0 Å². The molecular formula is C15H19N3OS. The molecule has 3 rings (SSSR count). The molecule has 1 aliphatic rings. The van der Waals surface area contributed by atoms with Crippen molar-refractivity contribution < 1.29 is 0 Å². The lowest BCUT2D eigenvalue weighted by atomic mass is 10.1. The van der Waals surface area contributed by atoms with E-state index in [0.29, 0.717) is 12.4 Å². The van der Waals surface area contributed by atoms with E-state index in [1.165, 1.54) is 11.5 Å². The van der Waals surface area contributed by atoms with Crippen LogP contribution >= 0.6 is 11.8 Å². The number of rotatable bonds is 3. The number of thioether (sulfide) groups is 1. The SMILES string of the molecule is Nc1cc2ccccc2c(=O)n1CCN1CCSCC1. The topological polar surface area (TPSA) is 51.3 Å². The molecule has 1 aromatic heterocycles. The Morgan fingerprint density at radius 1 is 1.15 bits per heavy atom. The van der Waals surface area contributed by atoms with Crippen LogP contribution < -0.4 is 11.3 Å². The van der Waals surface area contributed by atoms with Crippen molar-refractivity contribution in [2.75, 3.05) is 36.9 Å². The quantitative estimate of drug-likeness (QED) is 0.933. The average Bonchev–Trinajstić information content (AvgIpc) is 2.48. The van der Waals surface area contributed by atoms with Gasteiger partial charge in [0, 0.05) is 43.1 Å². The van der Waals surface area contributed by atoms with E-state index in [-0.39, 0.29) is 5.56 Å². The molecule has 0 spiro atoms. The summed E-state index contributed by atoms with van der Waals surface area (Å²) in [5.74, 6) is 2.92. The van der Waals surface area contributed by atoms with Crippen LogP contribution in [0.2, 0.25) is 0 Å². The Kier molecular flexibility index (Phi) is 3.98. The highest BCUT2D eigenvalue weighted by molar-refractivity contribution is 7.99. The van der Waals surface area contributed by atoms with Gasteiger partial charge in [0.05, 0.1) is 0 Å². The van der Waals surface area contributed by atoms with Gasteiger partial charge in [-0.25, -0.2) is 0 Å². The number of benzene rings is 1. The zero-order chi connectivity index (χ0) is 13.9. The first-order valence-electron chi connectivity index (χ1n) is 6.94. The molecule has 0 atom stereocenters. The van der Waals surface area contributed by atoms with Gasteiger partial charge in [-0.3, -0.25) is 14.3 Å². The molecule has 0 unspecified atom stereocenters. The summed E-state index contributed by atoms with van der Waals surface area (Å²) in [6, 6.07) is 9.51. The summed E-state index contributed by atoms with van der Waals surface area (Å²) in [6.07, 6.45) is 0. The summed E-state index contributed by atoms with van der Waals surface area (Å²) in [5.41, 5.74) is 6.06. The molecular weight excluding hydrogens is 270 g/mol. The number of nitrogens with zero attached hydrogens (tertiary/aromatic N) is 2. The summed E-state index contributed by atoms with van der Waals surface area (Å²) < 4.78 is 1.70. The number of pyridine rings is 1. The summed E-state index contributed by atoms with van der Waals surface area (Å²) in [6.45, 7) is 3.77. The Morgan fingerprint density at radius 2 is 1.90 bits per heavy atom. The van der Waals surface area contributed by atoms with Crippen LogP contribution in [0.25, 0.3) is 10.8 Å². The van der Waals surface area contributed by atoms with Crippen molar-refractivity contribution in [2.45, 2.75) is 6.54 Å². The molecule has 0 amide bonds. The Morgan fingerprint density at radius 3 is 2.70 bits per heavy atom. The van der Waals surface area contributed by atoms with Crippen LogP contribution in [-0.2, 0) is 6.54 Å². The molecule has 2 N–H and O–H groups in total. The Bertz CT molecular complexity index is 662. The lowest BCUT2D eigenvalue weighted by Gasteiger charge is -2.26. The zero-order valence-electron chi connectivity index (χ0n) is 11.4. The lowest BCUT2D eigenvalue weighted by molar-refractivity contribution is 0.289. The second-order valence-electron chi connectivity index (χ2n) is 5.07. The van der Waals surface area contributed by atoms with Gasteiger partial charge in [-0.05, 0) is 17.5 Å². The molecule has 1 fully saturated rings. The van der Waals surface area contributed by atoms with Gasteiger partial charge in [-0.15, -0.1) is 0 Å². The molecule has 2 aromatic rings. The summed E-state index contributed by atoms with van der Waals surface area (Å²) >= 11 is 1.99. The number of anilines is 1. The van der Waals surface area contributed by atoms with Crippen LogP contribution in [0.3, 0.4) is 0 Å².